The van der Waals surface area contributed by atoms with Crippen LogP contribution in [0.1, 0.15) is 43.9 Å². The van der Waals surface area contributed by atoms with Gasteiger partial charge in [0.1, 0.15) is 5.76 Å². The number of oxazole rings is 1. The fourth-order valence-electron chi connectivity index (χ4n) is 2.10. The Kier molecular flexibility index (Phi) is 3.07. The van der Waals surface area contributed by atoms with Crippen LogP contribution >= 0.6 is 0 Å². The Morgan fingerprint density at radius 1 is 1.60 bits per heavy atom. The third kappa shape index (κ3) is 2.38. The zero-order valence-electron chi connectivity index (χ0n) is 9.23. The summed E-state index contributed by atoms with van der Waals surface area (Å²) in [4.78, 5) is 4.17. The molecule has 1 heterocycles. The zero-order chi connectivity index (χ0) is 10.8. The lowest BCUT2D eigenvalue weighted by Crippen LogP contribution is -2.37. The highest BCUT2D eigenvalue weighted by Crippen LogP contribution is 2.22. The predicted molar refractivity (Wildman–Crippen MR) is 56.4 cm³/mol. The van der Waals surface area contributed by atoms with Gasteiger partial charge in [0.15, 0.2) is 0 Å². The summed E-state index contributed by atoms with van der Waals surface area (Å²) >= 11 is 0. The minimum Gasteiger partial charge on any atom is -0.444 e. The summed E-state index contributed by atoms with van der Waals surface area (Å²) < 4.78 is 5.44. The molecule has 84 valence electrons. The second kappa shape index (κ2) is 4.33. The van der Waals surface area contributed by atoms with Gasteiger partial charge in [0, 0.05) is 6.04 Å². The molecule has 1 aromatic heterocycles. The summed E-state index contributed by atoms with van der Waals surface area (Å²) in [7, 11) is 0. The van der Waals surface area contributed by atoms with Crippen molar-refractivity contribution in [2.75, 3.05) is 0 Å². The molecule has 0 amide bonds. The van der Waals surface area contributed by atoms with E-state index in [4.69, 9.17) is 4.42 Å². The number of aliphatic hydroxyl groups excluding tert-OH is 1. The molecule has 1 saturated carbocycles. The molecule has 0 bridgehead atoms. The molecule has 1 aliphatic carbocycles. The second-order valence-electron chi connectivity index (χ2n) is 4.30. The van der Waals surface area contributed by atoms with E-state index in [1.54, 1.807) is 6.20 Å². The van der Waals surface area contributed by atoms with Crippen LogP contribution in [-0.4, -0.2) is 22.2 Å². The van der Waals surface area contributed by atoms with Gasteiger partial charge in [-0.1, -0.05) is 0 Å². The maximum atomic E-state index is 9.68. The molecule has 0 radical (unpaired) electrons. The molecule has 0 spiro atoms. The molecule has 0 aliphatic heterocycles. The molecule has 4 nitrogen and oxygen atoms in total. The largest absolute Gasteiger partial charge is 0.444 e. The van der Waals surface area contributed by atoms with Crippen LogP contribution in [0.25, 0.3) is 0 Å². The number of aryl methyl sites for hydroxylation is 1. The van der Waals surface area contributed by atoms with Gasteiger partial charge in [-0.3, -0.25) is 0 Å². The molecule has 2 rings (SSSR count). The van der Waals surface area contributed by atoms with Crippen LogP contribution in [-0.2, 0) is 0 Å². The van der Waals surface area contributed by atoms with Crippen LogP contribution in [0.2, 0.25) is 0 Å². The van der Waals surface area contributed by atoms with Crippen LogP contribution in [0.4, 0.5) is 0 Å². The summed E-state index contributed by atoms with van der Waals surface area (Å²) in [6.07, 6.45) is 4.53. The average Bonchev–Trinajstić information content (AvgIpc) is 2.77. The van der Waals surface area contributed by atoms with Crippen molar-refractivity contribution in [1.82, 2.24) is 10.3 Å². The number of aromatic nitrogens is 1. The quantitative estimate of drug-likeness (QED) is 0.794. The van der Waals surface area contributed by atoms with Crippen molar-refractivity contribution in [3.8, 4) is 0 Å². The van der Waals surface area contributed by atoms with Gasteiger partial charge in [-0.25, -0.2) is 4.98 Å². The smallest absolute Gasteiger partial charge is 0.211 e. The normalized spacial score (nSPS) is 28.2. The highest BCUT2D eigenvalue weighted by Gasteiger charge is 2.27. The first kappa shape index (κ1) is 10.6. The van der Waals surface area contributed by atoms with Crippen molar-refractivity contribution >= 4 is 0 Å². The van der Waals surface area contributed by atoms with E-state index >= 15 is 0 Å². The van der Waals surface area contributed by atoms with Crippen molar-refractivity contribution in [1.29, 1.82) is 0 Å². The molecule has 1 aromatic rings. The highest BCUT2D eigenvalue weighted by molar-refractivity contribution is 4.97. The predicted octanol–water partition coefficient (Wildman–Crippen LogP) is 1.55. The Labute approximate surface area is 89.7 Å². The van der Waals surface area contributed by atoms with Gasteiger partial charge in [-0.15, -0.1) is 0 Å². The van der Waals surface area contributed by atoms with Crippen molar-refractivity contribution in [3.63, 3.8) is 0 Å². The summed E-state index contributed by atoms with van der Waals surface area (Å²) in [6, 6.07) is 0.253. The van der Waals surface area contributed by atoms with Crippen LogP contribution < -0.4 is 5.32 Å². The van der Waals surface area contributed by atoms with Gasteiger partial charge in [0.2, 0.25) is 5.89 Å². The lowest BCUT2D eigenvalue weighted by molar-refractivity contribution is 0.141. The van der Waals surface area contributed by atoms with Gasteiger partial charge in [0.05, 0.1) is 18.3 Å². The standard InChI is InChI=1S/C11H18N2O2/c1-7-6-12-11(15-7)8(2)13-9-4-3-5-10(9)14/h6,8-10,13-14H,3-5H2,1-2H3/t8?,9-,10-/m0/s1. The van der Waals surface area contributed by atoms with Crippen molar-refractivity contribution in [3.05, 3.63) is 17.8 Å². The Morgan fingerprint density at radius 3 is 2.93 bits per heavy atom. The number of rotatable bonds is 3. The first-order valence-corrected chi connectivity index (χ1v) is 5.53. The van der Waals surface area contributed by atoms with Crippen LogP contribution in [0.3, 0.4) is 0 Å². The summed E-state index contributed by atoms with van der Waals surface area (Å²) in [6.45, 7) is 3.89. The Morgan fingerprint density at radius 2 is 2.40 bits per heavy atom. The minimum absolute atomic E-state index is 0.0662. The molecular formula is C11H18N2O2. The van der Waals surface area contributed by atoms with Crippen molar-refractivity contribution in [2.45, 2.75) is 51.3 Å². The Bertz CT molecular complexity index is 324. The zero-order valence-corrected chi connectivity index (χ0v) is 9.23. The van der Waals surface area contributed by atoms with Gasteiger partial charge < -0.3 is 14.8 Å². The average molecular weight is 210 g/mol. The summed E-state index contributed by atoms with van der Waals surface area (Å²) in [5.41, 5.74) is 0. The van der Waals surface area contributed by atoms with E-state index in [9.17, 15) is 5.11 Å². The lowest BCUT2D eigenvalue weighted by Gasteiger charge is -2.19. The molecule has 4 heteroatoms. The van der Waals surface area contributed by atoms with Gasteiger partial charge in [-0.2, -0.15) is 0 Å². The Balaban J connectivity index is 1.94. The van der Waals surface area contributed by atoms with Crippen LogP contribution in [0, 0.1) is 6.92 Å². The van der Waals surface area contributed by atoms with Gasteiger partial charge in [0.25, 0.3) is 0 Å². The SMILES string of the molecule is Cc1cnc(C(C)N[C@H]2CCC[C@@H]2O)o1. The molecular weight excluding hydrogens is 192 g/mol. The lowest BCUT2D eigenvalue weighted by atomic mass is 10.2. The fourth-order valence-corrected chi connectivity index (χ4v) is 2.10. The Hall–Kier alpha value is -0.870. The molecule has 0 saturated heterocycles. The van der Waals surface area contributed by atoms with E-state index in [2.05, 4.69) is 10.3 Å². The van der Waals surface area contributed by atoms with E-state index in [-0.39, 0.29) is 18.2 Å². The third-order valence-corrected chi connectivity index (χ3v) is 2.95. The third-order valence-electron chi connectivity index (χ3n) is 2.95. The maximum absolute atomic E-state index is 9.68. The summed E-state index contributed by atoms with van der Waals surface area (Å²) in [5, 5.41) is 13.0. The van der Waals surface area contributed by atoms with Crippen molar-refractivity contribution in [2.24, 2.45) is 0 Å². The number of hydrogen-bond acceptors (Lipinski definition) is 4. The molecule has 1 fully saturated rings. The first-order chi connectivity index (χ1) is 7.16. The summed E-state index contributed by atoms with van der Waals surface area (Å²) in [5.74, 6) is 1.53. The van der Waals surface area contributed by atoms with E-state index < -0.39 is 0 Å². The molecule has 3 atom stereocenters. The number of nitrogens with one attached hydrogen (secondary N) is 1. The molecule has 0 aromatic carbocycles. The minimum atomic E-state index is -0.219. The van der Waals surface area contributed by atoms with Crippen LogP contribution in [0.15, 0.2) is 10.6 Å². The maximum Gasteiger partial charge on any atom is 0.211 e. The topological polar surface area (TPSA) is 58.3 Å². The van der Waals surface area contributed by atoms with Gasteiger partial charge in [-0.05, 0) is 33.1 Å². The molecule has 2 N–H and O–H groups in total. The molecule has 15 heavy (non-hydrogen) atoms. The van der Waals surface area contributed by atoms with Gasteiger partial charge >= 0.3 is 0 Å². The van der Waals surface area contributed by atoms with Crippen LogP contribution in [0.5, 0.6) is 0 Å². The molecule has 1 aliphatic rings. The van der Waals surface area contributed by atoms with E-state index in [1.165, 1.54) is 0 Å². The van der Waals surface area contributed by atoms with Crippen molar-refractivity contribution < 1.29 is 9.52 Å². The van der Waals surface area contributed by atoms with E-state index in [1.807, 2.05) is 13.8 Å². The number of aliphatic hydroxyl groups is 1. The number of hydrogen-bond donors (Lipinski definition) is 2. The fraction of sp³-hybridized carbons (Fsp3) is 0.727. The highest BCUT2D eigenvalue weighted by atomic mass is 16.4. The first-order valence-electron chi connectivity index (χ1n) is 5.53. The number of nitrogens with zero attached hydrogens (tertiary/aromatic N) is 1. The van der Waals surface area contributed by atoms with E-state index in [0.29, 0.717) is 5.89 Å². The van der Waals surface area contributed by atoms with E-state index in [0.717, 1.165) is 25.0 Å². The monoisotopic (exact) mass is 210 g/mol. The molecule has 1 unspecified atom stereocenters. The second-order valence-corrected chi connectivity index (χ2v) is 4.30.